The van der Waals surface area contributed by atoms with Gasteiger partial charge < -0.3 is 10.3 Å². The van der Waals surface area contributed by atoms with E-state index in [1.54, 1.807) is 0 Å². The molecule has 1 heterocycles. The minimum atomic E-state index is -0.336. The molecule has 16 heavy (non-hydrogen) atoms. The molecule has 1 fully saturated rings. The van der Waals surface area contributed by atoms with Crippen LogP contribution >= 0.6 is 0 Å². The van der Waals surface area contributed by atoms with Gasteiger partial charge in [0.1, 0.15) is 5.69 Å². The summed E-state index contributed by atoms with van der Waals surface area (Å²) in [4.78, 5) is 11.4. The highest BCUT2D eigenvalue weighted by Gasteiger charge is 2.24. The number of primary amides is 1. The molecule has 2 N–H and O–H groups in total. The maximum absolute atomic E-state index is 11.4. The zero-order valence-electron chi connectivity index (χ0n) is 9.02. The topological polar surface area (TPSA) is 48.0 Å². The van der Waals surface area contributed by atoms with E-state index in [1.165, 1.54) is 12.8 Å². The Morgan fingerprint density at radius 2 is 2.12 bits per heavy atom. The van der Waals surface area contributed by atoms with Crippen molar-refractivity contribution in [3.05, 3.63) is 36.0 Å². The lowest BCUT2D eigenvalue weighted by atomic mass is 10.2. The molecule has 3 rings (SSSR count). The van der Waals surface area contributed by atoms with Crippen LogP contribution in [0.15, 0.2) is 30.3 Å². The van der Waals surface area contributed by atoms with Crippen molar-refractivity contribution in [3.63, 3.8) is 0 Å². The summed E-state index contributed by atoms with van der Waals surface area (Å²) in [5.41, 5.74) is 7.16. The number of amides is 1. The van der Waals surface area contributed by atoms with E-state index in [4.69, 9.17) is 5.73 Å². The molecule has 0 atom stereocenters. The molecular weight excluding hydrogens is 200 g/mol. The van der Waals surface area contributed by atoms with E-state index in [0.717, 1.165) is 23.4 Å². The molecule has 1 aliphatic carbocycles. The zero-order chi connectivity index (χ0) is 11.1. The van der Waals surface area contributed by atoms with E-state index < -0.39 is 0 Å². The molecule has 0 unspecified atom stereocenters. The van der Waals surface area contributed by atoms with Gasteiger partial charge in [-0.15, -0.1) is 0 Å². The number of carbonyl (C=O) groups is 1. The fraction of sp³-hybridized carbons (Fsp3) is 0.308. The SMILES string of the molecule is NC(=O)c1cc2ccccc2n1CC1CC1. The molecule has 82 valence electrons. The summed E-state index contributed by atoms with van der Waals surface area (Å²) in [5, 5.41) is 1.09. The molecule has 0 aliphatic heterocycles. The Kier molecular flexibility index (Phi) is 1.99. The zero-order valence-corrected chi connectivity index (χ0v) is 9.02. The van der Waals surface area contributed by atoms with Crippen LogP contribution in [0.5, 0.6) is 0 Å². The Morgan fingerprint density at radius 1 is 1.38 bits per heavy atom. The first kappa shape index (κ1) is 9.46. The Bertz CT molecular complexity index is 552. The second-order valence-electron chi connectivity index (χ2n) is 4.51. The molecule has 0 saturated heterocycles. The average Bonchev–Trinajstić information content (AvgIpc) is 3.00. The predicted molar refractivity (Wildman–Crippen MR) is 63.2 cm³/mol. The number of benzene rings is 1. The number of rotatable bonds is 3. The van der Waals surface area contributed by atoms with E-state index in [-0.39, 0.29) is 5.91 Å². The van der Waals surface area contributed by atoms with E-state index >= 15 is 0 Å². The molecule has 3 heteroatoms. The molecule has 0 bridgehead atoms. The van der Waals surface area contributed by atoms with Crippen LogP contribution in [0.3, 0.4) is 0 Å². The minimum absolute atomic E-state index is 0.336. The van der Waals surface area contributed by atoms with Crippen molar-refractivity contribution in [2.24, 2.45) is 11.7 Å². The number of hydrogen-bond donors (Lipinski definition) is 1. The lowest BCUT2D eigenvalue weighted by molar-refractivity contribution is 0.0991. The van der Waals surface area contributed by atoms with Gasteiger partial charge in [-0.3, -0.25) is 4.79 Å². The summed E-state index contributed by atoms with van der Waals surface area (Å²) in [6, 6.07) is 9.93. The molecule has 1 aromatic carbocycles. The first-order valence-electron chi connectivity index (χ1n) is 5.64. The van der Waals surface area contributed by atoms with Gasteiger partial charge in [0.05, 0.1) is 0 Å². The number of nitrogens with zero attached hydrogens (tertiary/aromatic N) is 1. The van der Waals surface area contributed by atoms with E-state index in [9.17, 15) is 4.79 Å². The Hall–Kier alpha value is -1.77. The number of hydrogen-bond acceptors (Lipinski definition) is 1. The number of fused-ring (bicyclic) bond motifs is 1. The summed E-state index contributed by atoms with van der Waals surface area (Å²) in [6.07, 6.45) is 2.54. The van der Waals surface area contributed by atoms with Crippen LogP contribution in [0.4, 0.5) is 0 Å². The van der Waals surface area contributed by atoms with Crippen molar-refractivity contribution >= 4 is 16.8 Å². The molecule has 1 saturated carbocycles. The van der Waals surface area contributed by atoms with Crippen molar-refractivity contribution < 1.29 is 4.79 Å². The predicted octanol–water partition coefficient (Wildman–Crippen LogP) is 2.15. The van der Waals surface area contributed by atoms with Gasteiger partial charge in [-0.25, -0.2) is 0 Å². The second-order valence-corrected chi connectivity index (χ2v) is 4.51. The van der Waals surface area contributed by atoms with Crippen LogP contribution in [-0.2, 0) is 6.54 Å². The van der Waals surface area contributed by atoms with Crippen molar-refractivity contribution in [1.82, 2.24) is 4.57 Å². The van der Waals surface area contributed by atoms with Crippen molar-refractivity contribution in [3.8, 4) is 0 Å². The molecule has 1 aliphatic rings. The Labute approximate surface area is 93.9 Å². The van der Waals surface area contributed by atoms with Crippen LogP contribution in [-0.4, -0.2) is 10.5 Å². The molecule has 1 amide bonds. The first-order chi connectivity index (χ1) is 7.75. The maximum atomic E-state index is 11.4. The van der Waals surface area contributed by atoms with Gasteiger partial charge in [0.15, 0.2) is 0 Å². The summed E-state index contributed by atoms with van der Waals surface area (Å²) >= 11 is 0. The monoisotopic (exact) mass is 214 g/mol. The number of nitrogens with two attached hydrogens (primary N) is 1. The van der Waals surface area contributed by atoms with E-state index in [2.05, 4.69) is 4.57 Å². The lowest BCUT2D eigenvalue weighted by Gasteiger charge is -2.07. The highest BCUT2D eigenvalue weighted by Crippen LogP contribution is 2.33. The van der Waals surface area contributed by atoms with Gasteiger partial charge in [0, 0.05) is 17.4 Å². The Morgan fingerprint density at radius 3 is 2.81 bits per heavy atom. The van der Waals surface area contributed by atoms with Crippen LogP contribution in [0.25, 0.3) is 10.9 Å². The third-order valence-electron chi connectivity index (χ3n) is 3.20. The van der Waals surface area contributed by atoms with Crippen molar-refractivity contribution in [2.75, 3.05) is 0 Å². The van der Waals surface area contributed by atoms with Gasteiger partial charge in [0.25, 0.3) is 5.91 Å². The number of carbonyl (C=O) groups excluding carboxylic acids is 1. The number of para-hydroxylation sites is 1. The lowest BCUT2D eigenvalue weighted by Crippen LogP contribution is -2.17. The van der Waals surface area contributed by atoms with E-state index in [1.807, 2.05) is 30.3 Å². The molecular formula is C13H14N2O. The summed E-state index contributed by atoms with van der Waals surface area (Å²) in [6.45, 7) is 0.922. The molecule has 3 nitrogen and oxygen atoms in total. The van der Waals surface area contributed by atoms with Gasteiger partial charge in [-0.05, 0) is 30.9 Å². The van der Waals surface area contributed by atoms with E-state index in [0.29, 0.717) is 5.69 Å². The van der Waals surface area contributed by atoms with Crippen LogP contribution in [0.2, 0.25) is 0 Å². The minimum Gasteiger partial charge on any atom is -0.364 e. The van der Waals surface area contributed by atoms with Crippen LogP contribution in [0, 0.1) is 5.92 Å². The smallest absolute Gasteiger partial charge is 0.265 e. The van der Waals surface area contributed by atoms with Gasteiger partial charge in [-0.1, -0.05) is 18.2 Å². The van der Waals surface area contributed by atoms with Crippen molar-refractivity contribution in [2.45, 2.75) is 19.4 Å². The summed E-state index contributed by atoms with van der Waals surface area (Å²) < 4.78 is 2.06. The molecule has 0 radical (unpaired) electrons. The maximum Gasteiger partial charge on any atom is 0.265 e. The highest BCUT2D eigenvalue weighted by atomic mass is 16.1. The largest absolute Gasteiger partial charge is 0.364 e. The second kappa shape index (κ2) is 3.37. The van der Waals surface area contributed by atoms with Gasteiger partial charge in [-0.2, -0.15) is 0 Å². The fourth-order valence-electron chi connectivity index (χ4n) is 2.17. The summed E-state index contributed by atoms with van der Waals surface area (Å²) in [5.74, 6) is 0.394. The summed E-state index contributed by atoms with van der Waals surface area (Å²) in [7, 11) is 0. The molecule has 1 aromatic heterocycles. The number of aromatic nitrogens is 1. The van der Waals surface area contributed by atoms with Crippen LogP contribution < -0.4 is 5.73 Å². The van der Waals surface area contributed by atoms with Crippen molar-refractivity contribution in [1.29, 1.82) is 0 Å². The Balaban J connectivity index is 2.18. The third-order valence-corrected chi connectivity index (χ3v) is 3.20. The third kappa shape index (κ3) is 1.48. The first-order valence-corrected chi connectivity index (χ1v) is 5.64. The molecule has 2 aromatic rings. The van der Waals surface area contributed by atoms with Gasteiger partial charge >= 0.3 is 0 Å². The average molecular weight is 214 g/mol. The fourth-order valence-corrected chi connectivity index (χ4v) is 2.17. The quantitative estimate of drug-likeness (QED) is 0.836. The normalized spacial score (nSPS) is 15.5. The van der Waals surface area contributed by atoms with Crippen LogP contribution in [0.1, 0.15) is 23.3 Å². The molecule has 0 spiro atoms. The standard InChI is InChI=1S/C13H14N2O/c14-13(16)12-7-10-3-1-2-4-11(10)15(12)8-9-5-6-9/h1-4,7,9H,5-6,8H2,(H2,14,16). The van der Waals surface area contributed by atoms with Gasteiger partial charge in [0.2, 0.25) is 0 Å². The highest BCUT2D eigenvalue weighted by molar-refractivity contribution is 5.97.